The highest BCUT2D eigenvalue weighted by Gasteiger charge is 2.37. The zero-order valence-corrected chi connectivity index (χ0v) is 9.63. The zero-order valence-electron chi connectivity index (χ0n) is 8.05. The number of imidazole rings is 1. The predicted molar refractivity (Wildman–Crippen MR) is 54.4 cm³/mol. The van der Waals surface area contributed by atoms with E-state index in [1.54, 1.807) is 6.07 Å². The molecular weight excluding hydrogens is 289 g/mol. The van der Waals surface area contributed by atoms with Crippen LogP contribution in [0.3, 0.4) is 0 Å². The molecule has 2 heterocycles. The lowest BCUT2D eigenvalue weighted by atomic mass is 10.4. The number of rotatable bonds is 1. The highest BCUT2D eigenvalue weighted by atomic mass is 79.9. The maximum absolute atomic E-state index is 12.6. The lowest BCUT2D eigenvalue weighted by molar-refractivity contribution is -0.145. The third kappa shape index (κ3) is 1.75. The fourth-order valence-corrected chi connectivity index (χ4v) is 1.84. The van der Waals surface area contributed by atoms with Crippen molar-refractivity contribution in [1.29, 1.82) is 0 Å². The summed E-state index contributed by atoms with van der Waals surface area (Å²) in [6.07, 6.45) is -3.25. The third-order valence-electron chi connectivity index (χ3n) is 2.05. The molecule has 2 rings (SSSR count). The first kappa shape index (κ1) is 11.3. The average molecular weight is 295 g/mol. The molecule has 0 unspecified atom stereocenters. The van der Waals surface area contributed by atoms with E-state index < -0.39 is 12.0 Å². The second-order valence-electron chi connectivity index (χ2n) is 3.05. The molecule has 0 radical (unpaired) electrons. The van der Waals surface area contributed by atoms with Gasteiger partial charge in [-0.1, -0.05) is 0 Å². The summed E-state index contributed by atoms with van der Waals surface area (Å²) in [5, 5.41) is 0. The fourth-order valence-electron chi connectivity index (χ4n) is 1.35. The Bertz CT molecular complexity index is 535. The van der Waals surface area contributed by atoms with Gasteiger partial charge in [0, 0.05) is 0 Å². The van der Waals surface area contributed by atoms with Crippen LogP contribution in [0.2, 0.25) is 0 Å². The van der Waals surface area contributed by atoms with E-state index >= 15 is 0 Å². The molecule has 0 saturated carbocycles. The maximum Gasteiger partial charge on any atom is 0.450 e. The van der Waals surface area contributed by atoms with Gasteiger partial charge in [-0.15, -0.1) is 0 Å². The number of halogens is 4. The van der Waals surface area contributed by atoms with Gasteiger partial charge in [0.15, 0.2) is 0 Å². The minimum Gasteiger partial charge on any atom is -0.495 e. The first-order valence-corrected chi connectivity index (χ1v) is 5.01. The number of hydrogen-bond donors (Lipinski definition) is 0. The van der Waals surface area contributed by atoms with E-state index in [1.807, 2.05) is 0 Å². The molecule has 0 fully saturated rings. The number of methoxy groups -OCH3 is 1. The van der Waals surface area contributed by atoms with E-state index in [-0.39, 0.29) is 4.60 Å². The van der Waals surface area contributed by atoms with Crippen molar-refractivity contribution in [2.75, 3.05) is 7.11 Å². The monoisotopic (exact) mass is 294 g/mol. The molecular formula is C9H6BrF3N2O. The first-order valence-electron chi connectivity index (χ1n) is 4.22. The van der Waals surface area contributed by atoms with Crippen LogP contribution in [0.15, 0.2) is 22.9 Å². The molecule has 2 aromatic heterocycles. The molecule has 0 aliphatic rings. The minimum atomic E-state index is -4.50. The van der Waals surface area contributed by atoms with Gasteiger partial charge in [0.1, 0.15) is 10.4 Å². The molecule has 0 amide bonds. The molecule has 0 bridgehead atoms. The van der Waals surface area contributed by atoms with E-state index in [1.165, 1.54) is 19.4 Å². The van der Waals surface area contributed by atoms with Crippen LogP contribution in [0.25, 0.3) is 5.52 Å². The topological polar surface area (TPSA) is 26.5 Å². The molecule has 7 heteroatoms. The summed E-state index contributed by atoms with van der Waals surface area (Å²) < 4.78 is 43.8. The number of pyridine rings is 1. The summed E-state index contributed by atoms with van der Waals surface area (Å²) in [4.78, 5) is 3.44. The number of hydrogen-bond acceptors (Lipinski definition) is 2. The van der Waals surface area contributed by atoms with Gasteiger partial charge in [-0.25, -0.2) is 4.98 Å². The van der Waals surface area contributed by atoms with Gasteiger partial charge in [-0.2, -0.15) is 13.2 Å². The summed E-state index contributed by atoms with van der Waals surface area (Å²) in [5.74, 6) is -0.642. The molecule has 0 aliphatic heterocycles. The van der Waals surface area contributed by atoms with Crippen molar-refractivity contribution >= 4 is 21.4 Å². The van der Waals surface area contributed by atoms with Gasteiger partial charge in [0.05, 0.1) is 18.8 Å². The van der Waals surface area contributed by atoms with Crippen LogP contribution in [-0.2, 0) is 6.18 Å². The summed E-state index contributed by atoms with van der Waals surface area (Å²) in [5.41, 5.74) is 0.341. The van der Waals surface area contributed by atoms with E-state index in [0.29, 0.717) is 11.3 Å². The molecule has 0 saturated heterocycles. The van der Waals surface area contributed by atoms with Crippen molar-refractivity contribution in [3.05, 3.63) is 28.8 Å². The molecule has 3 nitrogen and oxygen atoms in total. The Hall–Kier alpha value is -1.24. The molecule has 0 aliphatic carbocycles. The number of nitrogens with zero attached hydrogens (tertiary/aromatic N) is 2. The standard InChI is InChI=1S/C9H6BrF3N2O/c1-16-5-2-3-6-7(10)14-8(9(11,12)13)15(6)4-5/h2-4H,1H3. The summed E-state index contributed by atoms with van der Waals surface area (Å²) in [6, 6.07) is 3.08. The number of alkyl halides is 3. The maximum atomic E-state index is 12.6. The van der Waals surface area contributed by atoms with Crippen molar-refractivity contribution in [3.63, 3.8) is 0 Å². The van der Waals surface area contributed by atoms with E-state index in [0.717, 1.165) is 4.40 Å². The van der Waals surface area contributed by atoms with Gasteiger partial charge in [-0.3, -0.25) is 4.40 Å². The zero-order chi connectivity index (χ0) is 11.9. The molecule has 0 N–H and O–H groups in total. The predicted octanol–water partition coefficient (Wildman–Crippen LogP) is 3.12. The average Bonchev–Trinajstić information content (AvgIpc) is 2.55. The van der Waals surface area contributed by atoms with Crippen molar-refractivity contribution < 1.29 is 17.9 Å². The van der Waals surface area contributed by atoms with Crippen LogP contribution in [0.4, 0.5) is 13.2 Å². The Morgan fingerprint density at radius 1 is 1.38 bits per heavy atom. The third-order valence-corrected chi connectivity index (χ3v) is 2.64. The van der Waals surface area contributed by atoms with Gasteiger partial charge in [-0.05, 0) is 28.1 Å². The quantitative estimate of drug-likeness (QED) is 0.808. The van der Waals surface area contributed by atoms with Crippen LogP contribution in [0.1, 0.15) is 5.82 Å². The van der Waals surface area contributed by atoms with Crippen LogP contribution in [0, 0.1) is 0 Å². The summed E-state index contributed by atoms with van der Waals surface area (Å²) in [7, 11) is 1.39. The Kier molecular flexibility index (Phi) is 2.57. The van der Waals surface area contributed by atoms with Crippen molar-refractivity contribution in [1.82, 2.24) is 9.38 Å². The minimum absolute atomic E-state index is 0.155. The van der Waals surface area contributed by atoms with Crippen molar-refractivity contribution in [2.24, 2.45) is 0 Å². The highest BCUT2D eigenvalue weighted by molar-refractivity contribution is 9.10. The molecule has 16 heavy (non-hydrogen) atoms. The largest absolute Gasteiger partial charge is 0.495 e. The van der Waals surface area contributed by atoms with Gasteiger partial charge in [0.25, 0.3) is 0 Å². The number of aromatic nitrogens is 2. The molecule has 0 atom stereocenters. The highest BCUT2D eigenvalue weighted by Crippen LogP contribution is 2.32. The lowest BCUT2D eigenvalue weighted by Gasteiger charge is -2.06. The smallest absolute Gasteiger partial charge is 0.450 e. The Morgan fingerprint density at radius 2 is 2.06 bits per heavy atom. The molecule has 2 aromatic rings. The van der Waals surface area contributed by atoms with Gasteiger partial charge < -0.3 is 4.74 Å². The van der Waals surface area contributed by atoms with E-state index in [2.05, 4.69) is 20.9 Å². The summed E-state index contributed by atoms with van der Waals surface area (Å²) in [6.45, 7) is 0. The number of ether oxygens (including phenoxy) is 1. The Balaban J connectivity index is 2.75. The van der Waals surface area contributed by atoms with E-state index in [4.69, 9.17) is 4.74 Å². The van der Waals surface area contributed by atoms with Crippen LogP contribution < -0.4 is 4.74 Å². The summed E-state index contributed by atoms with van der Waals surface area (Å²) >= 11 is 2.98. The second kappa shape index (κ2) is 3.65. The van der Waals surface area contributed by atoms with Gasteiger partial charge >= 0.3 is 6.18 Å². The number of fused-ring (bicyclic) bond motifs is 1. The van der Waals surface area contributed by atoms with Crippen LogP contribution in [0.5, 0.6) is 5.75 Å². The van der Waals surface area contributed by atoms with E-state index in [9.17, 15) is 13.2 Å². The van der Waals surface area contributed by atoms with Crippen molar-refractivity contribution in [2.45, 2.75) is 6.18 Å². The van der Waals surface area contributed by atoms with Crippen LogP contribution in [-0.4, -0.2) is 16.5 Å². The van der Waals surface area contributed by atoms with Gasteiger partial charge in [0.2, 0.25) is 5.82 Å². The first-order chi connectivity index (χ1) is 7.43. The molecule has 0 aromatic carbocycles. The molecule has 0 spiro atoms. The van der Waals surface area contributed by atoms with Crippen molar-refractivity contribution in [3.8, 4) is 5.75 Å². The Morgan fingerprint density at radius 3 is 2.62 bits per heavy atom. The molecule has 86 valence electrons. The lowest BCUT2D eigenvalue weighted by Crippen LogP contribution is -2.10. The SMILES string of the molecule is COc1ccc2c(Br)nc(C(F)(F)F)n2c1. The van der Waals surface area contributed by atoms with Crippen LogP contribution >= 0.6 is 15.9 Å². The fraction of sp³-hybridized carbons (Fsp3) is 0.222. The normalized spacial score (nSPS) is 12.1. The second-order valence-corrected chi connectivity index (χ2v) is 3.80. The Labute approximate surface area is 97.0 Å².